The summed E-state index contributed by atoms with van der Waals surface area (Å²) < 4.78 is 45.6. The highest BCUT2D eigenvalue weighted by atomic mass is 19.4. The highest BCUT2D eigenvalue weighted by Crippen LogP contribution is 2.64. The van der Waals surface area contributed by atoms with Crippen molar-refractivity contribution in [3.05, 3.63) is 88.0 Å². The summed E-state index contributed by atoms with van der Waals surface area (Å²) in [4.78, 5) is 14.3. The molecule has 41 heavy (non-hydrogen) atoms. The van der Waals surface area contributed by atoms with Crippen LogP contribution in [0.1, 0.15) is 61.6 Å². The molecule has 7 heteroatoms. The van der Waals surface area contributed by atoms with Gasteiger partial charge in [-0.25, -0.2) is 0 Å². The van der Waals surface area contributed by atoms with Crippen molar-refractivity contribution in [1.82, 2.24) is 0 Å². The van der Waals surface area contributed by atoms with Gasteiger partial charge < -0.3 is 14.7 Å². The zero-order valence-corrected chi connectivity index (χ0v) is 23.5. The van der Waals surface area contributed by atoms with E-state index in [9.17, 15) is 23.1 Å². The smallest absolute Gasteiger partial charge is 0.378 e. The average Bonchev–Trinajstić information content (AvgIpc) is 3.21. The van der Waals surface area contributed by atoms with Gasteiger partial charge in [-0.1, -0.05) is 30.9 Å². The van der Waals surface area contributed by atoms with Gasteiger partial charge >= 0.3 is 6.18 Å². The number of hydrogen-bond acceptors (Lipinski definition) is 4. The van der Waals surface area contributed by atoms with Gasteiger partial charge in [0.1, 0.15) is 5.60 Å². The SMILES string of the molecule is CN(C)c1ccc([C@H]2C[C@@]3(C)C(CC[C@@]3(O)C#Cc3ccc(C(F)(F)F)cc3)C3OCC4=CC(=O)CCC4=C32)cc1. The second-order valence-electron chi connectivity index (χ2n) is 12.3. The monoisotopic (exact) mass is 561 g/mol. The fraction of sp³-hybridized carbons (Fsp3) is 0.441. The molecule has 1 N–H and O–H groups in total. The number of carbonyl (C=O) groups is 1. The van der Waals surface area contributed by atoms with Crippen molar-refractivity contribution in [2.24, 2.45) is 11.3 Å². The fourth-order valence-electron chi connectivity index (χ4n) is 7.44. The average molecular weight is 562 g/mol. The Balaban J connectivity index is 1.41. The molecule has 0 bridgehead atoms. The van der Waals surface area contributed by atoms with Crippen LogP contribution in [0.2, 0.25) is 0 Å². The number of carbonyl (C=O) groups excluding carboxylic acids is 1. The Kier molecular flexibility index (Phi) is 6.71. The standard InChI is InChI=1S/C34H34F3NO3/c1-32-19-28(22-6-10-25(11-7-22)38(2)3)30-27-13-12-26(39)18-23(27)20-41-31(30)29(32)15-17-33(32,40)16-14-21-4-8-24(9-5-21)34(35,36)37/h4-11,18,28-29,31,40H,12-13,15,17,19-20H2,1-3H3/t28-,29?,31?,32+,33+/m1/s1. The van der Waals surface area contributed by atoms with Gasteiger partial charge in [-0.05, 0) is 96.4 Å². The molecular formula is C34H34F3NO3. The van der Waals surface area contributed by atoms with Gasteiger partial charge in [0, 0.05) is 43.1 Å². The fourth-order valence-corrected chi connectivity index (χ4v) is 7.44. The Bertz CT molecular complexity index is 1490. The minimum absolute atomic E-state index is 0.0216. The second kappa shape index (κ2) is 9.89. The lowest BCUT2D eigenvalue weighted by Crippen LogP contribution is -2.53. The third kappa shape index (κ3) is 4.71. The molecule has 2 aromatic rings. The van der Waals surface area contributed by atoms with Gasteiger partial charge in [-0.15, -0.1) is 0 Å². The molecule has 1 heterocycles. The summed E-state index contributed by atoms with van der Waals surface area (Å²) in [6, 6.07) is 13.2. The van der Waals surface area contributed by atoms with Crippen molar-refractivity contribution >= 4 is 11.5 Å². The minimum Gasteiger partial charge on any atom is -0.378 e. The first-order valence-electron chi connectivity index (χ1n) is 14.2. The topological polar surface area (TPSA) is 49.8 Å². The molecule has 2 saturated carbocycles. The second-order valence-corrected chi connectivity index (χ2v) is 12.3. The van der Waals surface area contributed by atoms with Crippen LogP contribution in [0.4, 0.5) is 18.9 Å². The molecule has 3 aliphatic carbocycles. The van der Waals surface area contributed by atoms with Gasteiger partial charge in [0.05, 0.1) is 18.3 Å². The number of anilines is 1. The summed E-state index contributed by atoms with van der Waals surface area (Å²) in [5, 5.41) is 12.1. The third-order valence-electron chi connectivity index (χ3n) is 9.80. The maximum atomic E-state index is 13.0. The molecule has 214 valence electrons. The Hall–Kier alpha value is -3.34. The zero-order chi connectivity index (χ0) is 29.2. The van der Waals surface area contributed by atoms with Crippen LogP contribution in [-0.2, 0) is 15.7 Å². The number of hydrogen-bond donors (Lipinski definition) is 1. The van der Waals surface area contributed by atoms with E-state index in [1.165, 1.54) is 23.3 Å². The normalized spacial score (nSPS) is 31.0. The molecule has 0 spiro atoms. The quantitative estimate of drug-likeness (QED) is 0.429. The number of ketones is 1. The van der Waals surface area contributed by atoms with Crippen LogP contribution in [-0.4, -0.2) is 43.3 Å². The zero-order valence-electron chi connectivity index (χ0n) is 23.5. The summed E-state index contributed by atoms with van der Waals surface area (Å²) in [5.41, 5.74) is 3.42. The number of allylic oxidation sites excluding steroid dienone is 1. The predicted molar refractivity (Wildman–Crippen MR) is 151 cm³/mol. The van der Waals surface area contributed by atoms with Crippen molar-refractivity contribution in [1.29, 1.82) is 0 Å². The van der Waals surface area contributed by atoms with E-state index in [2.05, 4.69) is 47.9 Å². The summed E-state index contributed by atoms with van der Waals surface area (Å²) in [5.74, 6) is 6.23. The van der Waals surface area contributed by atoms with E-state index >= 15 is 0 Å². The number of rotatable bonds is 2. The molecular weight excluding hydrogens is 527 g/mol. The number of halogens is 3. The van der Waals surface area contributed by atoms with Crippen molar-refractivity contribution < 1.29 is 27.8 Å². The maximum Gasteiger partial charge on any atom is 0.416 e. The summed E-state index contributed by atoms with van der Waals surface area (Å²) >= 11 is 0. The molecule has 0 radical (unpaired) electrons. The van der Waals surface area contributed by atoms with E-state index in [-0.39, 0.29) is 23.7 Å². The van der Waals surface area contributed by atoms with Crippen LogP contribution in [0.25, 0.3) is 0 Å². The predicted octanol–water partition coefficient (Wildman–Crippen LogP) is 6.44. The van der Waals surface area contributed by atoms with Crippen molar-refractivity contribution in [2.45, 2.75) is 62.8 Å². The summed E-state index contributed by atoms with van der Waals surface area (Å²) in [7, 11) is 4.00. The molecule has 0 aromatic heterocycles. The lowest BCUT2D eigenvalue weighted by atomic mass is 9.55. The Morgan fingerprint density at radius 1 is 1.05 bits per heavy atom. The molecule has 4 aliphatic rings. The van der Waals surface area contributed by atoms with Crippen LogP contribution in [0.5, 0.6) is 0 Å². The first-order chi connectivity index (χ1) is 19.4. The van der Waals surface area contributed by atoms with E-state index in [4.69, 9.17) is 4.74 Å². The number of alkyl halides is 3. The highest BCUT2D eigenvalue weighted by Gasteiger charge is 2.63. The Morgan fingerprint density at radius 3 is 2.41 bits per heavy atom. The molecule has 2 fully saturated rings. The molecule has 0 amide bonds. The molecule has 0 saturated heterocycles. The number of nitrogens with zero attached hydrogens (tertiary/aromatic N) is 1. The van der Waals surface area contributed by atoms with Gasteiger partial charge in [-0.2, -0.15) is 13.2 Å². The summed E-state index contributed by atoms with van der Waals surface area (Å²) in [6.07, 6.45) is 0.150. The lowest BCUT2D eigenvalue weighted by Gasteiger charge is -2.53. The molecule has 6 rings (SSSR count). The van der Waals surface area contributed by atoms with Crippen LogP contribution in [0, 0.1) is 23.2 Å². The van der Waals surface area contributed by atoms with E-state index in [0.717, 1.165) is 35.4 Å². The largest absolute Gasteiger partial charge is 0.416 e. The van der Waals surface area contributed by atoms with Gasteiger partial charge in [0.25, 0.3) is 0 Å². The highest BCUT2D eigenvalue weighted by molar-refractivity contribution is 5.93. The first kappa shape index (κ1) is 27.8. The van der Waals surface area contributed by atoms with E-state index in [1.807, 2.05) is 14.1 Å². The van der Waals surface area contributed by atoms with Crippen LogP contribution >= 0.6 is 0 Å². The minimum atomic E-state index is -4.41. The van der Waals surface area contributed by atoms with Crippen LogP contribution in [0.15, 0.2) is 71.3 Å². The van der Waals surface area contributed by atoms with E-state index < -0.39 is 22.8 Å². The molecule has 2 aromatic carbocycles. The van der Waals surface area contributed by atoms with E-state index in [1.54, 1.807) is 6.08 Å². The van der Waals surface area contributed by atoms with Crippen LogP contribution in [0.3, 0.4) is 0 Å². The van der Waals surface area contributed by atoms with Gasteiger partial charge in [0.15, 0.2) is 5.78 Å². The molecule has 5 atom stereocenters. The Labute approximate surface area is 238 Å². The van der Waals surface area contributed by atoms with Crippen LogP contribution < -0.4 is 4.90 Å². The number of fused-ring (bicyclic) bond motifs is 4. The van der Waals surface area contributed by atoms with Gasteiger partial charge in [-0.3, -0.25) is 4.79 Å². The van der Waals surface area contributed by atoms with Crippen molar-refractivity contribution in [2.75, 3.05) is 25.6 Å². The first-order valence-corrected chi connectivity index (χ1v) is 14.2. The van der Waals surface area contributed by atoms with Crippen molar-refractivity contribution in [3.63, 3.8) is 0 Å². The summed E-state index contributed by atoms with van der Waals surface area (Å²) in [6.45, 7) is 2.47. The van der Waals surface area contributed by atoms with Gasteiger partial charge in [0.2, 0.25) is 0 Å². The third-order valence-corrected chi connectivity index (χ3v) is 9.80. The number of aliphatic hydroxyl groups is 1. The number of benzene rings is 2. The lowest BCUT2D eigenvalue weighted by molar-refractivity contribution is -0.137. The molecule has 1 aliphatic heterocycles. The molecule has 2 unspecified atom stereocenters. The van der Waals surface area contributed by atoms with E-state index in [0.29, 0.717) is 37.9 Å². The Morgan fingerprint density at radius 2 is 1.76 bits per heavy atom. The van der Waals surface area contributed by atoms with Crippen molar-refractivity contribution in [3.8, 4) is 11.8 Å². The maximum absolute atomic E-state index is 13.0. The number of ether oxygens (including phenoxy) is 1. The molecule has 4 nitrogen and oxygen atoms in total.